The average Bonchev–Trinajstić information content (AvgIpc) is 2.15. The van der Waals surface area contributed by atoms with Crippen LogP contribution in [0.2, 0.25) is 0 Å². The summed E-state index contributed by atoms with van der Waals surface area (Å²) in [5.74, 6) is -1.77. The van der Waals surface area contributed by atoms with Crippen molar-refractivity contribution in [3.63, 3.8) is 0 Å². The van der Waals surface area contributed by atoms with Gasteiger partial charge in [-0.05, 0) is 6.92 Å². The zero-order valence-corrected chi connectivity index (χ0v) is 8.44. The van der Waals surface area contributed by atoms with Gasteiger partial charge in [0.1, 0.15) is 0 Å². The minimum atomic E-state index is -1.02. The summed E-state index contributed by atoms with van der Waals surface area (Å²) in [5, 5.41) is 8.77. The summed E-state index contributed by atoms with van der Waals surface area (Å²) in [6.07, 6.45) is -1.02. The van der Waals surface area contributed by atoms with Crippen LogP contribution in [-0.4, -0.2) is 52.6 Å². The smallest absolute Gasteiger partial charge is 0.407 e. The molecule has 2 amide bonds. The van der Waals surface area contributed by atoms with Gasteiger partial charge in [-0.3, -0.25) is 4.79 Å². The Bertz CT molecular complexity index is 306. The van der Waals surface area contributed by atoms with E-state index in [0.717, 1.165) is 0 Å². The molecule has 1 aliphatic rings. The van der Waals surface area contributed by atoms with Crippen molar-refractivity contribution in [2.45, 2.75) is 13.0 Å². The summed E-state index contributed by atoms with van der Waals surface area (Å²) in [5.41, 5.74) is 0. The lowest BCUT2D eigenvalue weighted by Crippen LogP contribution is -2.55. The molecule has 0 bridgehead atoms. The number of carbonyl (C=O) groups is 2. The number of carbonyl (C=O) groups excluding carboxylic acids is 1. The van der Waals surface area contributed by atoms with Crippen LogP contribution >= 0.6 is 0 Å². The molecule has 84 valence electrons. The minimum absolute atomic E-state index is 0.202. The van der Waals surface area contributed by atoms with Crippen LogP contribution in [0.4, 0.5) is 9.18 Å². The highest BCUT2D eigenvalue weighted by Crippen LogP contribution is 2.12. The Hall–Kier alpha value is -1.59. The molecule has 0 aromatic heterocycles. The van der Waals surface area contributed by atoms with Crippen LogP contribution in [0.15, 0.2) is 12.4 Å². The average molecular weight is 216 g/mol. The van der Waals surface area contributed by atoms with Gasteiger partial charge in [-0.1, -0.05) is 6.58 Å². The standard InChI is InChI=1S/C9H13FN2O3/c1-6-5-11(8(13)7(2)10)3-4-12(6)9(14)15/h6H,2-5H2,1H3,(H,14,15)/t6-/m1/s1. The molecule has 15 heavy (non-hydrogen) atoms. The fraction of sp³-hybridized carbons (Fsp3) is 0.556. The van der Waals surface area contributed by atoms with Gasteiger partial charge in [0, 0.05) is 25.7 Å². The second-order valence-corrected chi connectivity index (χ2v) is 3.48. The van der Waals surface area contributed by atoms with E-state index >= 15 is 0 Å². The van der Waals surface area contributed by atoms with Gasteiger partial charge in [0.05, 0.1) is 0 Å². The second kappa shape index (κ2) is 4.29. The topological polar surface area (TPSA) is 60.9 Å². The number of nitrogens with zero attached hydrogens (tertiary/aromatic N) is 2. The first kappa shape index (κ1) is 11.5. The van der Waals surface area contributed by atoms with Crippen molar-refractivity contribution in [3.8, 4) is 0 Å². The van der Waals surface area contributed by atoms with Gasteiger partial charge in [0.2, 0.25) is 0 Å². The molecule has 1 N–H and O–H groups in total. The molecule has 0 radical (unpaired) electrons. The van der Waals surface area contributed by atoms with Gasteiger partial charge >= 0.3 is 6.09 Å². The first-order valence-electron chi connectivity index (χ1n) is 4.56. The highest BCUT2D eigenvalue weighted by Gasteiger charge is 2.30. The minimum Gasteiger partial charge on any atom is -0.465 e. The van der Waals surface area contributed by atoms with Crippen molar-refractivity contribution < 1.29 is 19.1 Å². The third kappa shape index (κ3) is 2.45. The zero-order valence-electron chi connectivity index (χ0n) is 8.44. The first-order chi connectivity index (χ1) is 6.93. The van der Waals surface area contributed by atoms with Crippen LogP contribution in [0.3, 0.4) is 0 Å². The molecule has 0 aromatic carbocycles. The second-order valence-electron chi connectivity index (χ2n) is 3.48. The van der Waals surface area contributed by atoms with E-state index in [4.69, 9.17) is 5.11 Å². The van der Waals surface area contributed by atoms with E-state index in [1.165, 1.54) is 9.80 Å². The molecule has 1 fully saturated rings. The molecular formula is C9H13FN2O3. The Morgan fingerprint density at radius 2 is 2.07 bits per heavy atom. The number of hydrogen-bond donors (Lipinski definition) is 1. The summed E-state index contributed by atoms with van der Waals surface area (Å²) in [6.45, 7) is 5.21. The fourth-order valence-corrected chi connectivity index (χ4v) is 1.60. The molecule has 1 atom stereocenters. The van der Waals surface area contributed by atoms with Gasteiger partial charge in [-0.2, -0.15) is 0 Å². The van der Waals surface area contributed by atoms with E-state index < -0.39 is 17.8 Å². The molecule has 1 saturated heterocycles. The molecule has 0 aliphatic carbocycles. The summed E-state index contributed by atoms with van der Waals surface area (Å²) >= 11 is 0. The van der Waals surface area contributed by atoms with Crippen LogP contribution < -0.4 is 0 Å². The molecule has 5 nitrogen and oxygen atoms in total. The lowest BCUT2D eigenvalue weighted by atomic mass is 10.2. The maximum absolute atomic E-state index is 12.5. The lowest BCUT2D eigenvalue weighted by molar-refractivity contribution is -0.131. The fourth-order valence-electron chi connectivity index (χ4n) is 1.60. The highest BCUT2D eigenvalue weighted by atomic mass is 19.1. The van der Waals surface area contributed by atoms with Crippen LogP contribution in [-0.2, 0) is 4.79 Å². The first-order valence-corrected chi connectivity index (χ1v) is 4.56. The predicted octanol–water partition coefficient (Wildman–Crippen LogP) is 0.680. The summed E-state index contributed by atoms with van der Waals surface area (Å²) in [7, 11) is 0. The van der Waals surface area contributed by atoms with E-state index in [2.05, 4.69) is 6.58 Å². The van der Waals surface area contributed by atoms with Crippen LogP contribution in [0, 0.1) is 0 Å². The van der Waals surface area contributed by atoms with E-state index in [-0.39, 0.29) is 25.7 Å². The Kier molecular flexibility index (Phi) is 3.28. The van der Waals surface area contributed by atoms with Crippen molar-refractivity contribution in [2.75, 3.05) is 19.6 Å². The zero-order chi connectivity index (χ0) is 11.6. The highest BCUT2D eigenvalue weighted by molar-refractivity contribution is 5.90. The molecule has 6 heteroatoms. The molecule has 1 aliphatic heterocycles. The summed E-state index contributed by atoms with van der Waals surface area (Å²) in [4.78, 5) is 24.4. The number of rotatable bonds is 1. The molecule has 0 unspecified atom stereocenters. The van der Waals surface area contributed by atoms with Crippen LogP contribution in [0.5, 0.6) is 0 Å². The number of hydrogen-bond acceptors (Lipinski definition) is 2. The molecule has 0 saturated carbocycles. The van der Waals surface area contributed by atoms with Crippen LogP contribution in [0.1, 0.15) is 6.92 Å². The molecule has 1 rings (SSSR count). The predicted molar refractivity (Wildman–Crippen MR) is 51.0 cm³/mol. The quantitative estimate of drug-likeness (QED) is 0.656. The van der Waals surface area contributed by atoms with E-state index in [1.54, 1.807) is 6.92 Å². The number of amides is 2. The molecule has 1 heterocycles. The van der Waals surface area contributed by atoms with Gasteiger partial charge in [0.25, 0.3) is 5.91 Å². The Balaban J connectivity index is 2.62. The Morgan fingerprint density at radius 3 is 2.47 bits per heavy atom. The van der Waals surface area contributed by atoms with Gasteiger partial charge < -0.3 is 14.9 Å². The Labute approximate surface area is 86.8 Å². The summed E-state index contributed by atoms with van der Waals surface area (Å²) < 4.78 is 12.5. The number of carboxylic acid groups (broad SMARTS) is 1. The van der Waals surface area contributed by atoms with Crippen molar-refractivity contribution >= 4 is 12.0 Å². The Morgan fingerprint density at radius 1 is 1.47 bits per heavy atom. The van der Waals surface area contributed by atoms with Crippen molar-refractivity contribution in [3.05, 3.63) is 12.4 Å². The van der Waals surface area contributed by atoms with Gasteiger partial charge in [-0.25, -0.2) is 9.18 Å². The normalized spacial score (nSPS) is 21.3. The molecular weight excluding hydrogens is 203 g/mol. The number of halogens is 1. The maximum atomic E-state index is 12.5. The molecule has 0 aromatic rings. The lowest BCUT2D eigenvalue weighted by Gasteiger charge is -2.37. The van der Waals surface area contributed by atoms with Gasteiger partial charge in [-0.15, -0.1) is 0 Å². The SMILES string of the molecule is C=C(F)C(=O)N1CCN(C(=O)O)[C@H](C)C1. The largest absolute Gasteiger partial charge is 0.465 e. The van der Waals surface area contributed by atoms with E-state index in [1.807, 2.05) is 0 Å². The van der Waals surface area contributed by atoms with Crippen molar-refractivity contribution in [2.24, 2.45) is 0 Å². The van der Waals surface area contributed by atoms with Crippen molar-refractivity contribution in [1.29, 1.82) is 0 Å². The van der Waals surface area contributed by atoms with E-state index in [9.17, 15) is 14.0 Å². The van der Waals surface area contributed by atoms with Crippen LogP contribution in [0.25, 0.3) is 0 Å². The number of piperazine rings is 1. The third-order valence-corrected chi connectivity index (χ3v) is 2.39. The van der Waals surface area contributed by atoms with Crippen molar-refractivity contribution in [1.82, 2.24) is 9.80 Å². The van der Waals surface area contributed by atoms with E-state index in [0.29, 0.717) is 0 Å². The third-order valence-electron chi connectivity index (χ3n) is 2.39. The maximum Gasteiger partial charge on any atom is 0.407 e. The summed E-state index contributed by atoms with van der Waals surface area (Å²) in [6, 6.07) is -0.320. The monoisotopic (exact) mass is 216 g/mol. The molecule has 0 spiro atoms. The van der Waals surface area contributed by atoms with Gasteiger partial charge in [0.15, 0.2) is 5.83 Å².